The third kappa shape index (κ3) is 3.14. The van der Waals surface area contributed by atoms with Gasteiger partial charge in [0.05, 0.1) is 4.92 Å². The monoisotopic (exact) mass is 292 g/mol. The number of piperazine rings is 1. The lowest BCUT2D eigenvalue weighted by atomic mass is 10.1. The molecule has 1 aromatic heterocycles. The Kier molecular flexibility index (Phi) is 4.31. The minimum atomic E-state index is -0.354. The van der Waals surface area contributed by atoms with Crippen molar-refractivity contribution in [1.29, 1.82) is 0 Å². The first-order valence-corrected chi connectivity index (χ1v) is 7.42. The van der Waals surface area contributed by atoms with Gasteiger partial charge in [-0.25, -0.2) is 4.98 Å². The fraction of sp³-hybridized carbons (Fsp3) is 0.643. The fourth-order valence-electron chi connectivity index (χ4n) is 3.12. The summed E-state index contributed by atoms with van der Waals surface area (Å²) >= 11 is 0. The predicted molar refractivity (Wildman–Crippen MR) is 78.5 cm³/mol. The maximum absolute atomic E-state index is 11.1. The first-order chi connectivity index (χ1) is 10.3. The SMILES string of the molecule is O=[N+]([O-])c1cccnc1N1CCN(C2CCOCC2)CC1. The van der Waals surface area contributed by atoms with E-state index in [1.807, 2.05) is 4.90 Å². The summed E-state index contributed by atoms with van der Waals surface area (Å²) in [5.74, 6) is 0.495. The maximum Gasteiger partial charge on any atom is 0.311 e. The molecule has 114 valence electrons. The number of hydrogen-bond donors (Lipinski definition) is 0. The Morgan fingerprint density at radius 3 is 2.62 bits per heavy atom. The van der Waals surface area contributed by atoms with Gasteiger partial charge in [-0.15, -0.1) is 0 Å². The summed E-state index contributed by atoms with van der Waals surface area (Å²) in [6.07, 6.45) is 3.79. The number of hydrogen-bond acceptors (Lipinski definition) is 6. The summed E-state index contributed by atoms with van der Waals surface area (Å²) in [6, 6.07) is 3.73. The van der Waals surface area contributed by atoms with E-state index >= 15 is 0 Å². The van der Waals surface area contributed by atoms with E-state index in [9.17, 15) is 10.1 Å². The molecule has 7 nitrogen and oxygen atoms in total. The van der Waals surface area contributed by atoms with Crippen molar-refractivity contribution < 1.29 is 9.66 Å². The average molecular weight is 292 g/mol. The molecule has 7 heteroatoms. The molecule has 2 aliphatic heterocycles. The molecule has 0 spiro atoms. The number of aromatic nitrogens is 1. The number of pyridine rings is 1. The molecule has 0 N–H and O–H groups in total. The van der Waals surface area contributed by atoms with Crippen molar-refractivity contribution >= 4 is 11.5 Å². The summed E-state index contributed by atoms with van der Waals surface area (Å²) in [4.78, 5) is 19.4. The molecule has 21 heavy (non-hydrogen) atoms. The highest BCUT2D eigenvalue weighted by Crippen LogP contribution is 2.26. The third-order valence-electron chi connectivity index (χ3n) is 4.28. The van der Waals surface area contributed by atoms with Crippen LogP contribution in [0.4, 0.5) is 11.5 Å². The van der Waals surface area contributed by atoms with Crippen molar-refractivity contribution in [2.45, 2.75) is 18.9 Å². The fourth-order valence-corrected chi connectivity index (χ4v) is 3.12. The molecule has 3 heterocycles. The van der Waals surface area contributed by atoms with Crippen molar-refractivity contribution in [3.8, 4) is 0 Å². The highest BCUT2D eigenvalue weighted by atomic mass is 16.6. The zero-order chi connectivity index (χ0) is 14.7. The zero-order valence-corrected chi connectivity index (χ0v) is 12.0. The molecule has 0 atom stereocenters. The molecule has 0 bridgehead atoms. The first-order valence-electron chi connectivity index (χ1n) is 7.42. The van der Waals surface area contributed by atoms with E-state index in [0.717, 1.165) is 52.2 Å². The summed E-state index contributed by atoms with van der Waals surface area (Å²) in [7, 11) is 0. The van der Waals surface area contributed by atoms with Crippen molar-refractivity contribution in [2.75, 3.05) is 44.3 Å². The highest BCUT2D eigenvalue weighted by Gasteiger charge is 2.28. The molecule has 2 aliphatic rings. The predicted octanol–water partition coefficient (Wildman–Crippen LogP) is 1.29. The van der Waals surface area contributed by atoms with E-state index in [4.69, 9.17) is 4.74 Å². The molecule has 2 saturated heterocycles. The number of ether oxygens (including phenoxy) is 1. The van der Waals surface area contributed by atoms with E-state index in [1.165, 1.54) is 6.07 Å². The van der Waals surface area contributed by atoms with Gasteiger partial charge in [-0.1, -0.05) is 0 Å². The minimum Gasteiger partial charge on any atom is -0.381 e. The van der Waals surface area contributed by atoms with Gasteiger partial charge in [-0.2, -0.15) is 0 Å². The van der Waals surface area contributed by atoms with Crippen LogP contribution in [-0.2, 0) is 4.74 Å². The summed E-state index contributed by atoms with van der Waals surface area (Å²) in [5, 5.41) is 11.1. The second-order valence-corrected chi connectivity index (χ2v) is 5.47. The Morgan fingerprint density at radius 2 is 1.95 bits per heavy atom. The molecule has 0 aliphatic carbocycles. The summed E-state index contributed by atoms with van der Waals surface area (Å²) < 4.78 is 5.40. The van der Waals surface area contributed by atoms with Crippen molar-refractivity contribution in [1.82, 2.24) is 9.88 Å². The molecular weight excluding hydrogens is 272 g/mol. The molecule has 0 amide bonds. The molecule has 0 aromatic carbocycles. The largest absolute Gasteiger partial charge is 0.381 e. The Morgan fingerprint density at radius 1 is 1.24 bits per heavy atom. The second-order valence-electron chi connectivity index (χ2n) is 5.47. The second kappa shape index (κ2) is 6.36. The van der Waals surface area contributed by atoms with E-state index in [-0.39, 0.29) is 10.6 Å². The summed E-state index contributed by atoms with van der Waals surface area (Å²) in [6.45, 7) is 5.12. The van der Waals surface area contributed by atoms with Gasteiger partial charge in [-0.3, -0.25) is 15.0 Å². The molecule has 1 aromatic rings. The van der Waals surface area contributed by atoms with Gasteiger partial charge >= 0.3 is 5.69 Å². The van der Waals surface area contributed by atoms with E-state index in [0.29, 0.717) is 11.9 Å². The van der Waals surface area contributed by atoms with Crippen LogP contribution < -0.4 is 4.90 Å². The van der Waals surface area contributed by atoms with E-state index < -0.39 is 0 Å². The first kappa shape index (κ1) is 14.2. The van der Waals surface area contributed by atoms with Crippen LogP contribution >= 0.6 is 0 Å². The topological polar surface area (TPSA) is 71.7 Å². The standard InChI is InChI=1S/C14H20N4O3/c19-18(20)13-2-1-5-15-14(13)17-8-6-16(7-9-17)12-3-10-21-11-4-12/h1-2,5,12H,3-4,6-11H2. The van der Waals surface area contributed by atoms with E-state index in [2.05, 4.69) is 9.88 Å². The smallest absolute Gasteiger partial charge is 0.311 e. The Bertz CT molecular complexity index is 497. The highest BCUT2D eigenvalue weighted by molar-refractivity contribution is 5.57. The van der Waals surface area contributed by atoms with Crippen molar-refractivity contribution in [2.24, 2.45) is 0 Å². The Hall–Kier alpha value is -1.73. The molecular formula is C14H20N4O3. The van der Waals surface area contributed by atoms with E-state index in [1.54, 1.807) is 12.3 Å². The van der Waals surface area contributed by atoms with Gasteiger partial charge < -0.3 is 9.64 Å². The Balaban J connectivity index is 1.64. The minimum absolute atomic E-state index is 0.0945. The number of nitrogens with zero attached hydrogens (tertiary/aromatic N) is 4. The summed E-state index contributed by atoms with van der Waals surface area (Å²) in [5.41, 5.74) is 0.0945. The van der Waals surface area contributed by atoms with Crippen LogP contribution in [0.2, 0.25) is 0 Å². The van der Waals surface area contributed by atoms with Gasteiger partial charge in [0, 0.05) is 57.7 Å². The van der Waals surface area contributed by atoms with Crippen LogP contribution in [0.3, 0.4) is 0 Å². The Labute approximate surface area is 123 Å². The van der Waals surface area contributed by atoms with Crippen LogP contribution in [0.5, 0.6) is 0 Å². The lowest BCUT2D eigenvalue weighted by molar-refractivity contribution is -0.384. The normalized spacial score (nSPS) is 21.4. The molecule has 0 radical (unpaired) electrons. The van der Waals surface area contributed by atoms with Crippen LogP contribution in [0.1, 0.15) is 12.8 Å². The molecule has 0 unspecified atom stereocenters. The van der Waals surface area contributed by atoms with Gasteiger partial charge in [0.2, 0.25) is 5.82 Å². The van der Waals surface area contributed by atoms with Gasteiger partial charge in [0.25, 0.3) is 0 Å². The maximum atomic E-state index is 11.1. The van der Waals surface area contributed by atoms with Crippen molar-refractivity contribution in [3.63, 3.8) is 0 Å². The number of anilines is 1. The third-order valence-corrected chi connectivity index (χ3v) is 4.28. The van der Waals surface area contributed by atoms with Crippen molar-refractivity contribution in [3.05, 3.63) is 28.4 Å². The number of nitro groups is 1. The molecule has 2 fully saturated rings. The van der Waals surface area contributed by atoms with Gasteiger partial charge in [0.15, 0.2) is 0 Å². The van der Waals surface area contributed by atoms with Gasteiger partial charge in [0.1, 0.15) is 0 Å². The quantitative estimate of drug-likeness (QED) is 0.617. The molecule has 3 rings (SSSR count). The number of rotatable bonds is 3. The lowest BCUT2D eigenvalue weighted by Crippen LogP contribution is -2.52. The lowest BCUT2D eigenvalue weighted by Gasteiger charge is -2.40. The van der Waals surface area contributed by atoms with Crippen LogP contribution in [0.15, 0.2) is 18.3 Å². The van der Waals surface area contributed by atoms with Crippen LogP contribution in [-0.4, -0.2) is 60.2 Å². The van der Waals surface area contributed by atoms with Gasteiger partial charge in [-0.05, 0) is 18.9 Å². The van der Waals surface area contributed by atoms with Crippen LogP contribution in [0, 0.1) is 10.1 Å². The van der Waals surface area contributed by atoms with Crippen LogP contribution in [0.25, 0.3) is 0 Å². The molecule has 0 saturated carbocycles. The average Bonchev–Trinajstić information content (AvgIpc) is 2.56. The zero-order valence-electron chi connectivity index (χ0n) is 12.0.